The summed E-state index contributed by atoms with van der Waals surface area (Å²) in [6.45, 7) is 0. The fraction of sp³-hybridized carbons (Fsp3) is 0.222. The minimum Gasteiger partial charge on any atom is -0.285 e. The molecular weight excluding hydrogens is 190 g/mol. The van der Waals surface area contributed by atoms with Crippen molar-refractivity contribution in [2.24, 2.45) is 0 Å². The minimum atomic E-state index is -0.871. The minimum absolute atomic E-state index is 0.568. The van der Waals surface area contributed by atoms with E-state index in [-0.39, 0.29) is 0 Å². The van der Waals surface area contributed by atoms with Gasteiger partial charge in [-0.2, -0.15) is 0 Å². The maximum Gasteiger partial charge on any atom is 0.271 e. The summed E-state index contributed by atoms with van der Waals surface area (Å²) in [7, 11) is 3.10. The molecule has 1 amide bonds. The third kappa shape index (κ3) is 2.26. The summed E-state index contributed by atoms with van der Waals surface area (Å²) >= 11 is 0. The van der Waals surface area contributed by atoms with E-state index in [0.717, 1.165) is 12.1 Å². The normalized spacial score (nSPS) is 10.4. The van der Waals surface area contributed by atoms with Crippen molar-refractivity contribution in [3.63, 3.8) is 0 Å². The summed E-state index contributed by atoms with van der Waals surface area (Å²) in [4.78, 5) is 11.3. The van der Waals surface area contributed by atoms with Crippen LogP contribution < -0.4 is 5.43 Å². The molecule has 0 aromatic heterocycles. The van der Waals surface area contributed by atoms with Crippen LogP contribution in [0.5, 0.6) is 0 Å². The van der Waals surface area contributed by atoms with Crippen molar-refractivity contribution in [1.82, 2.24) is 10.4 Å². The Morgan fingerprint density at radius 2 is 1.79 bits per heavy atom. The first-order valence-corrected chi connectivity index (χ1v) is 3.94. The molecule has 0 aliphatic carbocycles. The number of nitrogens with one attached hydrogen (secondary N) is 1. The molecule has 0 heterocycles. The van der Waals surface area contributed by atoms with Gasteiger partial charge >= 0.3 is 0 Å². The van der Waals surface area contributed by atoms with Gasteiger partial charge in [0.25, 0.3) is 5.91 Å². The molecule has 76 valence electrons. The van der Waals surface area contributed by atoms with E-state index in [1.54, 1.807) is 14.1 Å². The molecule has 0 unspecified atom stereocenters. The molecule has 1 rings (SSSR count). The SMILES string of the molecule is CN(C)NC(=O)c1c(F)cccc1F. The summed E-state index contributed by atoms with van der Waals surface area (Å²) in [5.74, 6) is -2.54. The maximum atomic E-state index is 13.0. The van der Waals surface area contributed by atoms with E-state index in [2.05, 4.69) is 5.43 Å². The van der Waals surface area contributed by atoms with Gasteiger partial charge in [0.05, 0.1) is 0 Å². The largest absolute Gasteiger partial charge is 0.285 e. The maximum absolute atomic E-state index is 13.0. The highest BCUT2D eigenvalue weighted by molar-refractivity contribution is 5.94. The Hall–Kier alpha value is -1.49. The van der Waals surface area contributed by atoms with E-state index in [0.29, 0.717) is 0 Å². The van der Waals surface area contributed by atoms with Crippen molar-refractivity contribution < 1.29 is 13.6 Å². The first kappa shape index (κ1) is 10.6. The molecule has 0 atom stereocenters. The lowest BCUT2D eigenvalue weighted by Crippen LogP contribution is -2.37. The molecular formula is C9H10F2N2O. The number of carbonyl (C=O) groups excluding carboxylic acids is 1. The number of amides is 1. The van der Waals surface area contributed by atoms with Gasteiger partial charge in [-0.3, -0.25) is 10.2 Å². The predicted octanol–water partition coefficient (Wildman–Crippen LogP) is 1.17. The zero-order valence-corrected chi connectivity index (χ0v) is 7.84. The van der Waals surface area contributed by atoms with Crippen molar-refractivity contribution in [3.8, 4) is 0 Å². The van der Waals surface area contributed by atoms with Crippen LogP contribution in [0.25, 0.3) is 0 Å². The van der Waals surface area contributed by atoms with Crippen molar-refractivity contribution in [3.05, 3.63) is 35.4 Å². The van der Waals surface area contributed by atoms with Gasteiger partial charge in [-0.05, 0) is 12.1 Å². The third-order valence-electron chi connectivity index (χ3n) is 1.51. The first-order chi connectivity index (χ1) is 6.52. The lowest BCUT2D eigenvalue weighted by molar-refractivity contribution is 0.0848. The van der Waals surface area contributed by atoms with E-state index in [1.807, 2.05) is 0 Å². The molecule has 0 saturated heterocycles. The molecule has 0 aliphatic rings. The van der Waals surface area contributed by atoms with Crippen LogP contribution >= 0.6 is 0 Å². The molecule has 0 saturated carbocycles. The zero-order chi connectivity index (χ0) is 10.7. The Morgan fingerprint density at radius 1 is 1.29 bits per heavy atom. The van der Waals surface area contributed by atoms with Gasteiger partial charge in [-0.25, -0.2) is 13.8 Å². The summed E-state index contributed by atoms with van der Waals surface area (Å²) in [6, 6.07) is 3.28. The van der Waals surface area contributed by atoms with Gasteiger partial charge in [0.15, 0.2) is 0 Å². The van der Waals surface area contributed by atoms with Crippen LogP contribution in [-0.2, 0) is 0 Å². The molecule has 0 spiro atoms. The fourth-order valence-corrected chi connectivity index (χ4v) is 0.974. The van der Waals surface area contributed by atoms with Gasteiger partial charge in [-0.15, -0.1) is 0 Å². The molecule has 3 nitrogen and oxygen atoms in total. The third-order valence-corrected chi connectivity index (χ3v) is 1.51. The van der Waals surface area contributed by atoms with Gasteiger partial charge in [-0.1, -0.05) is 6.07 Å². The van der Waals surface area contributed by atoms with Crippen LogP contribution in [0, 0.1) is 11.6 Å². The number of rotatable bonds is 2. The molecule has 0 fully saturated rings. The topological polar surface area (TPSA) is 32.3 Å². The Bertz CT molecular complexity index is 332. The van der Waals surface area contributed by atoms with Crippen molar-refractivity contribution in [2.75, 3.05) is 14.1 Å². The average molecular weight is 200 g/mol. The monoisotopic (exact) mass is 200 g/mol. The summed E-state index contributed by atoms with van der Waals surface area (Å²) in [5, 5.41) is 1.31. The van der Waals surface area contributed by atoms with E-state index < -0.39 is 23.1 Å². The number of halogens is 2. The van der Waals surface area contributed by atoms with E-state index in [1.165, 1.54) is 11.1 Å². The molecule has 5 heteroatoms. The highest BCUT2D eigenvalue weighted by Gasteiger charge is 2.16. The van der Waals surface area contributed by atoms with Gasteiger partial charge in [0, 0.05) is 14.1 Å². The van der Waals surface area contributed by atoms with Crippen LogP contribution in [0.3, 0.4) is 0 Å². The van der Waals surface area contributed by atoms with Crippen LogP contribution in [0.1, 0.15) is 10.4 Å². The van der Waals surface area contributed by atoms with Crippen LogP contribution in [0.2, 0.25) is 0 Å². The molecule has 1 aromatic rings. The highest BCUT2D eigenvalue weighted by atomic mass is 19.1. The Balaban J connectivity index is 3.00. The molecule has 0 radical (unpaired) electrons. The van der Waals surface area contributed by atoms with Gasteiger partial charge in [0.2, 0.25) is 0 Å². The summed E-state index contributed by atoms with van der Waals surface area (Å²) in [6.07, 6.45) is 0. The first-order valence-electron chi connectivity index (χ1n) is 3.94. The second-order valence-corrected chi connectivity index (χ2v) is 2.93. The number of hydrazine groups is 1. The van der Waals surface area contributed by atoms with Crippen LogP contribution in [-0.4, -0.2) is 25.0 Å². The molecule has 1 N–H and O–H groups in total. The summed E-state index contributed by atoms with van der Waals surface area (Å²) < 4.78 is 26.1. The average Bonchev–Trinajstić information content (AvgIpc) is 2.01. The van der Waals surface area contributed by atoms with Gasteiger partial charge < -0.3 is 0 Å². The van der Waals surface area contributed by atoms with Crippen molar-refractivity contribution in [1.29, 1.82) is 0 Å². The quantitative estimate of drug-likeness (QED) is 0.727. The van der Waals surface area contributed by atoms with E-state index in [9.17, 15) is 13.6 Å². The van der Waals surface area contributed by atoms with Crippen molar-refractivity contribution >= 4 is 5.91 Å². The smallest absolute Gasteiger partial charge is 0.271 e. The number of carbonyl (C=O) groups is 1. The lowest BCUT2D eigenvalue weighted by atomic mass is 10.2. The number of nitrogens with zero attached hydrogens (tertiary/aromatic N) is 1. The number of hydrogen-bond acceptors (Lipinski definition) is 2. The number of hydrogen-bond donors (Lipinski definition) is 1. The van der Waals surface area contributed by atoms with E-state index >= 15 is 0 Å². The molecule has 0 aliphatic heterocycles. The molecule has 14 heavy (non-hydrogen) atoms. The van der Waals surface area contributed by atoms with Crippen LogP contribution in [0.4, 0.5) is 8.78 Å². The lowest BCUT2D eigenvalue weighted by Gasteiger charge is -2.12. The van der Waals surface area contributed by atoms with E-state index in [4.69, 9.17) is 0 Å². The highest BCUT2D eigenvalue weighted by Crippen LogP contribution is 2.11. The summed E-state index contributed by atoms with van der Waals surface area (Å²) in [5.41, 5.74) is 1.69. The standard InChI is InChI=1S/C9H10F2N2O/c1-13(2)12-9(14)8-6(10)4-3-5-7(8)11/h3-5H,1-2H3,(H,12,14). The predicted molar refractivity (Wildman–Crippen MR) is 47.5 cm³/mol. The number of benzene rings is 1. The van der Waals surface area contributed by atoms with Crippen LogP contribution in [0.15, 0.2) is 18.2 Å². The second kappa shape index (κ2) is 4.15. The van der Waals surface area contributed by atoms with Gasteiger partial charge in [0.1, 0.15) is 17.2 Å². The fourth-order valence-electron chi connectivity index (χ4n) is 0.974. The molecule has 1 aromatic carbocycles. The zero-order valence-electron chi connectivity index (χ0n) is 7.84. The second-order valence-electron chi connectivity index (χ2n) is 2.93. The van der Waals surface area contributed by atoms with Crippen molar-refractivity contribution in [2.45, 2.75) is 0 Å². The Labute approximate surface area is 80.3 Å². The Kier molecular flexibility index (Phi) is 3.14. The Morgan fingerprint density at radius 3 is 2.21 bits per heavy atom. The molecule has 0 bridgehead atoms.